The Morgan fingerprint density at radius 3 is 2.38 bits per heavy atom. The molecule has 0 saturated heterocycles. The van der Waals surface area contributed by atoms with Crippen LogP contribution in [-0.4, -0.2) is 31.7 Å². The van der Waals surface area contributed by atoms with Gasteiger partial charge in [-0.05, 0) is 38.1 Å². The van der Waals surface area contributed by atoms with Crippen LogP contribution in [0.5, 0.6) is 23.0 Å². The van der Waals surface area contributed by atoms with E-state index in [1.54, 1.807) is 36.4 Å². The van der Waals surface area contributed by atoms with Gasteiger partial charge in [-0.3, -0.25) is 4.79 Å². The van der Waals surface area contributed by atoms with Crippen LogP contribution in [0.1, 0.15) is 24.2 Å². The number of rotatable bonds is 6. The van der Waals surface area contributed by atoms with Crippen LogP contribution >= 0.6 is 0 Å². The minimum Gasteiger partial charge on any atom is -0.494 e. The summed E-state index contributed by atoms with van der Waals surface area (Å²) in [6, 6.07) is 9.69. The molecule has 1 aliphatic rings. The van der Waals surface area contributed by atoms with E-state index in [-0.39, 0.29) is 12.5 Å². The number of fused-ring (bicyclic) bond motifs is 1. The summed E-state index contributed by atoms with van der Waals surface area (Å²) < 4.78 is 21.6. The van der Waals surface area contributed by atoms with Gasteiger partial charge in [-0.25, -0.2) is 4.79 Å². The van der Waals surface area contributed by atoms with Crippen LogP contribution in [0.2, 0.25) is 0 Å². The standard InChI is InChI=1S/C19H19NO6/c1-3-23-14-7-12(8-15(9-14)24-4-2)19(22)26-13-5-6-17-16(10-13)20-18(21)11-25-17/h5-10H,3-4,11H2,1-2H3,(H,20,21). The normalized spacial score (nSPS) is 12.5. The van der Waals surface area contributed by atoms with Gasteiger partial charge in [-0.15, -0.1) is 0 Å². The van der Waals surface area contributed by atoms with E-state index in [1.807, 2.05) is 13.8 Å². The minimum absolute atomic E-state index is 0.0312. The van der Waals surface area contributed by atoms with Crippen molar-refractivity contribution in [2.24, 2.45) is 0 Å². The molecule has 7 heteroatoms. The zero-order valence-electron chi connectivity index (χ0n) is 14.5. The molecule has 1 heterocycles. The van der Waals surface area contributed by atoms with Gasteiger partial charge in [0.2, 0.25) is 0 Å². The van der Waals surface area contributed by atoms with Crippen LogP contribution in [0.15, 0.2) is 36.4 Å². The molecule has 136 valence electrons. The fourth-order valence-corrected chi connectivity index (χ4v) is 2.48. The highest BCUT2D eigenvalue weighted by Crippen LogP contribution is 2.32. The lowest BCUT2D eigenvalue weighted by Gasteiger charge is -2.18. The SMILES string of the molecule is CCOc1cc(OCC)cc(C(=O)Oc2ccc3c(c2)NC(=O)CO3)c1. The molecule has 0 atom stereocenters. The number of carbonyl (C=O) groups excluding carboxylic acids is 2. The maximum atomic E-state index is 12.5. The summed E-state index contributed by atoms with van der Waals surface area (Å²) in [7, 11) is 0. The molecule has 0 aromatic heterocycles. The number of hydrogen-bond acceptors (Lipinski definition) is 6. The predicted octanol–water partition coefficient (Wildman–Crippen LogP) is 3.03. The molecule has 0 radical (unpaired) electrons. The molecule has 0 saturated carbocycles. The topological polar surface area (TPSA) is 83.1 Å². The first-order chi connectivity index (χ1) is 12.6. The largest absolute Gasteiger partial charge is 0.494 e. The second kappa shape index (κ2) is 7.77. The van der Waals surface area contributed by atoms with Gasteiger partial charge in [0.25, 0.3) is 5.91 Å². The number of nitrogens with one attached hydrogen (secondary N) is 1. The molecule has 0 bridgehead atoms. The quantitative estimate of drug-likeness (QED) is 0.632. The maximum absolute atomic E-state index is 12.5. The average molecular weight is 357 g/mol. The van der Waals surface area contributed by atoms with Gasteiger partial charge in [0.05, 0.1) is 24.5 Å². The van der Waals surface area contributed by atoms with Gasteiger partial charge in [0, 0.05) is 12.1 Å². The number of esters is 1. The highest BCUT2D eigenvalue weighted by Gasteiger charge is 2.18. The van der Waals surface area contributed by atoms with Gasteiger partial charge in [0.1, 0.15) is 23.0 Å². The summed E-state index contributed by atoms with van der Waals surface area (Å²) in [5, 5.41) is 2.67. The Kier molecular flexibility index (Phi) is 5.26. The third-order valence-corrected chi connectivity index (χ3v) is 3.53. The van der Waals surface area contributed by atoms with Crippen LogP contribution in [0.4, 0.5) is 5.69 Å². The molecule has 0 spiro atoms. The predicted molar refractivity (Wildman–Crippen MR) is 94.3 cm³/mol. The fourth-order valence-electron chi connectivity index (χ4n) is 2.48. The van der Waals surface area contributed by atoms with Crippen molar-refractivity contribution in [3.63, 3.8) is 0 Å². The second-order valence-corrected chi connectivity index (χ2v) is 5.44. The van der Waals surface area contributed by atoms with E-state index in [0.29, 0.717) is 47.5 Å². The van der Waals surface area contributed by atoms with Gasteiger partial charge < -0.3 is 24.3 Å². The zero-order valence-corrected chi connectivity index (χ0v) is 14.5. The van der Waals surface area contributed by atoms with Gasteiger partial charge in [-0.1, -0.05) is 0 Å². The molecule has 1 amide bonds. The van der Waals surface area contributed by atoms with Crippen molar-refractivity contribution in [3.05, 3.63) is 42.0 Å². The van der Waals surface area contributed by atoms with E-state index < -0.39 is 5.97 Å². The lowest BCUT2D eigenvalue weighted by Crippen LogP contribution is -2.25. The molecular formula is C19H19NO6. The molecule has 0 fully saturated rings. The van der Waals surface area contributed by atoms with Crippen molar-refractivity contribution in [2.75, 3.05) is 25.1 Å². The molecular weight excluding hydrogens is 338 g/mol. The summed E-state index contributed by atoms with van der Waals surface area (Å²) in [4.78, 5) is 23.9. The number of amides is 1. The summed E-state index contributed by atoms with van der Waals surface area (Å²) in [5.74, 6) is 1.05. The second-order valence-electron chi connectivity index (χ2n) is 5.44. The van der Waals surface area contributed by atoms with E-state index in [1.165, 1.54) is 0 Å². The van der Waals surface area contributed by atoms with Crippen LogP contribution in [-0.2, 0) is 4.79 Å². The molecule has 0 unspecified atom stereocenters. The highest BCUT2D eigenvalue weighted by atomic mass is 16.5. The van der Waals surface area contributed by atoms with E-state index in [9.17, 15) is 9.59 Å². The molecule has 7 nitrogen and oxygen atoms in total. The van der Waals surface area contributed by atoms with Gasteiger partial charge in [-0.2, -0.15) is 0 Å². The lowest BCUT2D eigenvalue weighted by atomic mass is 10.2. The minimum atomic E-state index is -0.560. The Labute approximate surface area is 150 Å². The highest BCUT2D eigenvalue weighted by molar-refractivity contribution is 5.96. The maximum Gasteiger partial charge on any atom is 0.343 e. The lowest BCUT2D eigenvalue weighted by molar-refractivity contribution is -0.118. The molecule has 3 rings (SSSR count). The van der Waals surface area contributed by atoms with E-state index in [4.69, 9.17) is 18.9 Å². The Morgan fingerprint density at radius 2 is 1.73 bits per heavy atom. The third-order valence-electron chi connectivity index (χ3n) is 3.53. The molecule has 2 aromatic rings. The van der Waals surface area contributed by atoms with E-state index in [2.05, 4.69) is 5.32 Å². The van der Waals surface area contributed by atoms with E-state index >= 15 is 0 Å². The first kappa shape index (κ1) is 17.6. The van der Waals surface area contributed by atoms with Gasteiger partial charge >= 0.3 is 5.97 Å². The fraction of sp³-hybridized carbons (Fsp3) is 0.263. The summed E-state index contributed by atoms with van der Waals surface area (Å²) >= 11 is 0. The third kappa shape index (κ3) is 4.05. The van der Waals surface area contributed by atoms with Crippen LogP contribution in [0.3, 0.4) is 0 Å². The van der Waals surface area contributed by atoms with Crippen LogP contribution in [0, 0.1) is 0 Å². The van der Waals surface area contributed by atoms with Gasteiger partial charge in [0.15, 0.2) is 6.61 Å². The molecule has 1 aliphatic heterocycles. The number of benzene rings is 2. The number of anilines is 1. The number of hydrogen-bond donors (Lipinski definition) is 1. The molecule has 26 heavy (non-hydrogen) atoms. The van der Waals surface area contributed by atoms with Crippen molar-refractivity contribution >= 4 is 17.6 Å². The van der Waals surface area contributed by atoms with Crippen LogP contribution in [0.25, 0.3) is 0 Å². The average Bonchev–Trinajstić information content (AvgIpc) is 2.61. The summed E-state index contributed by atoms with van der Waals surface area (Å²) in [6.07, 6.45) is 0. The summed E-state index contributed by atoms with van der Waals surface area (Å²) in [6.45, 7) is 4.61. The molecule has 2 aromatic carbocycles. The monoisotopic (exact) mass is 357 g/mol. The Balaban J connectivity index is 1.81. The van der Waals surface area contributed by atoms with Crippen molar-refractivity contribution in [3.8, 4) is 23.0 Å². The Morgan fingerprint density at radius 1 is 1.04 bits per heavy atom. The van der Waals surface area contributed by atoms with Crippen molar-refractivity contribution in [2.45, 2.75) is 13.8 Å². The van der Waals surface area contributed by atoms with E-state index in [0.717, 1.165) is 0 Å². The first-order valence-electron chi connectivity index (χ1n) is 8.28. The smallest absolute Gasteiger partial charge is 0.343 e. The molecule has 0 aliphatic carbocycles. The summed E-state index contributed by atoms with van der Waals surface area (Å²) in [5.41, 5.74) is 0.766. The van der Waals surface area contributed by atoms with Crippen LogP contribution < -0.4 is 24.3 Å². The van der Waals surface area contributed by atoms with Crippen molar-refractivity contribution in [1.29, 1.82) is 0 Å². The van der Waals surface area contributed by atoms with Crippen molar-refractivity contribution in [1.82, 2.24) is 0 Å². The number of ether oxygens (including phenoxy) is 4. The Hall–Kier alpha value is -3.22. The van der Waals surface area contributed by atoms with Crippen molar-refractivity contribution < 1.29 is 28.5 Å². The zero-order chi connectivity index (χ0) is 18.5. The number of carbonyl (C=O) groups is 2. The Bertz CT molecular complexity index is 809. The molecule has 1 N–H and O–H groups in total. The first-order valence-corrected chi connectivity index (χ1v) is 8.28.